The number of benzene rings is 1. The zero-order chi connectivity index (χ0) is 8.97. The third-order valence-corrected chi connectivity index (χ3v) is 2.65. The molecule has 0 aliphatic carbocycles. The van der Waals surface area contributed by atoms with E-state index in [-0.39, 0.29) is 0 Å². The van der Waals surface area contributed by atoms with Crippen LogP contribution in [0.2, 0.25) is 0 Å². The summed E-state index contributed by atoms with van der Waals surface area (Å²) in [6.45, 7) is 0. The molecule has 1 aromatic carbocycles. The zero-order valence-electron chi connectivity index (χ0n) is 7.32. The number of aromatic hydroxyl groups is 1. The highest BCUT2D eigenvalue weighted by Gasteiger charge is 1.99. The van der Waals surface area contributed by atoms with Crippen LogP contribution < -0.4 is 0 Å². The maximum Gasteiger partial charge on any atom is 0.129 e. The topological polar surface area (TPSA) is 23.5 Å². The lowest BCUT2D eigenvalue weighted by molar-refractivity contribution is 0.460. The Morgan fingerprint density at radius 1 is 1.33 bits per heavy atom. The van der Waals surface area contributed by atoms with Crippen LogP contribution in [0.4, 0.5) is 0 Å². The van der Waals surface area contributed by atoms with Crippen LogP contribution in [0.15, 0.2) is 29.2 Å². The van der Waals surface area contributed by atoms with Crippen molar-refractivity contribution in [2.75, 3.05) is 20.0 Å². The molecule has 1 rings (SSSR count). The van der Waals surface area contributed by atoms with Gasteiger partial charge in [0.2, 0.25) is 0 Å². The highest BCUT2D eigenvalue weighted by Crippen LogP contribution is 2.27. The van der Waals surface area contributed by atoms with Crippen molar-refractivity contribution in [2.45, 2.75) is 4.90 Å². The van der Waals surface area contributed by atoms with Crippen molar-refractivity contribution in [2.24, 2.45) is 0 Å². The highest BCUT2D eigenvalue weighted by molar-refractivity contribution is 7.99. The Kier molecular flexibility index (Phi) is 3.44. The Labute approximate surface area is 77.2 Å². The molecule has 0 amide bonds. The maximum atomic E-state index is 9.38. The summed E-state index contributed by atoms with van der Waals surface area (Å²) < 4.78 is 0. The van der Waals surface area contributed by atoms with Gasteiger partial charge in [0.25, 0.3) is 0 Å². The maximum absolute atomic E-state index is 9.38. The first-order valence-corrected chi connectivity index (χ1v) is 4.74. The minimum Gasteiger partial charge on any atom is -0.507 e. The van der Waals surface area contributed by atoms with Gasteiger partial charge in [0.1, 0.15) is 5.75 Å². The average Bonchev–Trinajstić information content (AvgIpc) is 2.03. The molecular weight excluding hydrogens is 170 g/mol. The summed E-state index contributed by atoms with van der Waals surface area (Å²) >= 11 is 1.63. The standard InChI is InChI=1S/C9H13NOS/c1-10(2)7-12-9-6-4-3-5-8(9)11/h3-6,11H,7H2,1-2H3. The van der Waals surface area contributed by atoms with Gasteiger partial charge in [-0.1, -0.05) is 12.1 Å². The molecule has 0 saturated heterocycles. The molecule has 66 valence electrons. The molecule has 0 unspecified atom stereocenters. The molecule has 2 nitrogen and oxygen atoms in total. The van der Waals surface area contributed by atoms with Gasteiger partial charge in [0.05, 0.1) is 4.90 Å². The number of hydrogen-bond acceptors (Lipinski definition) is 3. The van der Waals surface area contributed by atoms with Crippen molar-refractivity contribution in [3.8, 4) is 5.75 Å². The lowest BCUT2D eigenvalue weighted by atomic mass is 10.3. The van der Waals surface area contributed by atoms with Crippen LogP contribution >= 0.6 is 11.8 Å². The fraction of sp³-hybridized carbons (Fsp3) is 0.333. The van der Waals surface area contributed by atoms with Crippen molar-refractivity contribution < 1.29 is 5.11 Å². The van der Waals surface area contributed by atoms with Crippen molar-refractivity contribution in [1.82, 2.24) is 4.90 Å². The molecule has 0 fully saturated rings. The van der Waals surface area contributed by atoms with Gasteiger partial charge in [0.15, 0.2) is 0 Å². The predicted molar refractivity (Wildman–Crippen MR) is 52.5 cm³/mol. The van der Waals surface area contributed by atoms with Crippen LogP contribution in [0.1, 0.15) is 0 Å². The summed E-state index contributed by atoms with van der Waals surface area (Å²) in [6.07, 6.45) is 0. The Bertz CT molecular complexity index is 250. The SMILES string of the molecule is CN(C)CSc1ccccc1O. The van der Waals surface area contributed by atoms with Crippen LogP contribution in [0.25, 0.3) is 0 Å². The molecule has 0 heterocycles. The van der Waals surface area contributed by atoms with E-state index in [0.29, 0.717) is 5.75 Å². The second kappa shape index (κ2) is 4.38. The van der Waals surface area contributed by atoms with Crippen LogP contribution in [0.3, 0.4) is 0 Å². The molecule has 1 N–H and O–H groups in total. The second-order valence-electron chi connectivity index (χ2n) is 2.82. The first kappa shape index (κ1) is 9.42. The van der Waals surface area contributed by atoms with Crippen LogP contribution in [0, 0.1) is 0 Å². The molecule has 0 aliphatic rings. The summed E-state index contributed by atoms with van der Waals surface area (Å²) in [6, 6.07) is 7.38. The lowest BCUT2D eigenvalue weighted by Crippen LogP contribution is -2.09. The van der Waals surface area contributed by atoms with Crippen LogP contribution in [0.5, 0.6) is 5.75 Å². The number of phenols is 1. The second-order valence-corrected chi connectivity index (χ2v) is 3.81. The summed E-state index contributed by atoms with van der Waals surface area (Å²) in [7, 11) is 4.01. The first-order valence-electron chi connectivity index (χ1n) is 3.75. The highest BCUT2D eigenvalue weighted by atomic mass is 32.2. The number of nitrogens with zero attached hydrogens (tertiary/aromatic N) is 1. The zero-order valence-corrected chi connectivity index (χ0v) is 8.14. The van der Waals surface area contributed by atoms with Gasteiger partial charge >= 0.3 is 0 Å². The summed E-state index contributed by atoms with van der Waals surface area (Å²) in [5.74, 6) is 1.25. The molecule has 12 heavy (non-hydrogen) atoms. The summed E-state index contributed by atoms with van der Waals surface area (Å²) in [5, 5.41) is 9.38. The molecular formula is C9H13NOS. The molecule has 0 saturated carbocycles. The third kappa shape index (κ3) is 2.75. The largest absolute Gasteiger partial charge is 0.507 e. The molecule has 0 bridgehead atoms. The van der Waals surface area contributed by atoms with E-state index in [1.54, 1.807) is 17.8 Å². The van der Waals surface area contributed by atoms with E-state index < -0.39 is 0 Å². The molecule has 0 aromatic heterocycles. The van der Waals surface area contributed by atoms with Crippen molar-refractivity contribution in [1.29, 1.82) is 0 Å². The van der Waals surface area contributed by atoms with Gasteiger partial charge < -0.3 is 5.11 Å². The normalized spacial score (nSPS) is 10.6. The number of para-hydroxylation sites is 1. The lowest BCUT2D eigenvalue weighted by Gasteiger charge is -2.09. The molecule has 1 aromatic rings. The average molecular weight is 183 g/mol. The monoisotopic (exact) mass is 183 g/mol. The van der Waals surface area contributed by atoms with E-state index >= 15 is 0 Å². The molecule has 0 spiro atoms. The third-order valence-electron chi connectivity index (χ3n) is 1.34. The number of hydrogen-bond donors (Lipinski definition) is 1. The fourth-order valence-electron chi connectivity index (χ4n) is 0.778. The van der Waals surface area contributed by atoms with Gasteiger partial charge in [-0.15, -0.1) is 11.8 Å². The molecule has 0 aliphatic heterocycles. The fourth-order valence-corrected chi connectivity index (χ4v) is 1.57. The van der Waals surface area contributed by atoms with Gasteiger partial charge in [0, 0.05) is 5.88 Å². The predicted octanol–water partition coefficient (Wildman–Crippen LogP) is 2.00. The van der Waals surface area contributed by atoms with Crippen molar-refractivity contribution >= 4 is 11.8 Å². The van der Waals surface area contributed by atoms with E-state index in [9.17, 15) is 5.11 Å². The van der Waals surface area contributed by atoms with E-state index in [1.807, 2.05) is 32.3 Å². The quantitative estimate of drug-likeness (QED) is 0.572. The minimum atomic E-state index is 0.365. The molecule has 3 heteroatoms. The Morgan fingerprint density at radius 3 is 2.58 bits per heavy atom. The van der Waals surface area contributed by atoms with Crippen LogP contribution in [-0.2, 0) is 0 Å². The molecule has 0 radical (unpaired) electrons. The van der Waals surface area contributed by atoms with Crippen molar-refractivity contribution in [3.05, 3.63) is 24.3 Å². The van der Waals surface area contributed by atoms with Gasteiger partial charge in [-0.2, -0.15) is 0 Å². The van der Waals surface area contributed by atoms with E-state index in [0.717, 1.165) is 10.8 Å². The Hall–Kier alpha value is -0.670. The first-order chi connectivity index (χ1) is 5.70. The van der Waals surface area contributed by atoms with Crippen molar-refractivity contribution in [3.63, 3.8) is 0 Å². The van der Waals surface area contributed by atoms with E-state index in [2.05, 4.69) is 4.90 Å². The Balaban J connectivity index is 2.57. The Morgan fingerprint density at radius 2 is 2.00 bits per heavy atom. The minimum absolute atomic E-state index is 0.365. The van der Waals surface area contributed by atoms with Gasteiger partial charge in [-0.25, -0.2) is 0 Å². The van der Waals surface area contributed by atoms with E-state index in [4.69, 9.17) is 0 Å². The number of thioether (sulfide) groups is 1. The van der Waals surface area contributed by atoms with E-state index in [1.165, 1.54) is 0 Å². The van der Waals surface area contributed by atoms with Crippen LogP contribution in [-0.4, -0.2) is 30.0 Å². The molecule has 0 atom stereocenters. The summed E-state index contributed by atoms with van der Waals surface area (Å²) in [4.78, 5) is 3.00. The van der Waals surface area contributed by atoms with Gasteiger partial charge in [-0.05, 0) is 26.2 Å². The number of phenolic OH excluding ortho intramolecular Hbond substituents is 1. The summed E-state index contributed by atoms with van der Waals surface area (Å²) in [5.41, 5.74) is 0. The smallest absolute Gasteiger partial charge is 0.129 e. The van der Waals surface area contributed by atoms with Gasteiger partial charge in [-0.3, -0.25) is 4.90 Å². The number of rotatable bonds is 3.